The maximum atomic E-state index is 12.8. The first-order valence-electron chi connectivity index (χ1n) is 8.30. The second kappa shape index (κ2) is 5.30. The van der Waals surface area contributed by atoms with Gasteiger partial charge in [0.1, 0.15) is 0 Å². The van der Waals surface area contributed by atoms with Crippen LogP contribution in [0.4, 0.5) is 5.69 Å². The van der Waals surface area contributed by atoms with Gasteiger partial charge in [0, 0.05) is 11.3 Å². The normalized spacial score (nSPS) is 35.2. The highest BCUT2D eigenvalue weighted by Crippen LogP contribution is 2.63. The fourth-order valence-electron chi connectivity index (χ4n) is 4.61. The van der Waals surface area contributed by atoms with Gasteiger partial charge in [-0.25, -0.2) is 0 Å². The zero-order valence-electron chi connectivity index (χ0n) is 13.3. The molecule has 1 aromatic rings. The van der Waals surface area contributed by atoms with Crippen molar-refractivity contribution >= 4 is 23.3 Å². The van der Waals surface area contributed by atoms with E-state index in [1.54, 1.807) is 24.3 Å². The maximum absolute atomic E-state index is 12.8. The van der Waals surface area contributed by atoms with Crippen LogP contribution in [-0.4, -0.2) is 22.8 Å². The number of aliphatic carboxylic acids is 1. The molecule has 6 atom stereocenters. The Hall–Kier alpha value is -2.43. The first kappa shape index (κ1) is 15.1. The number of allylic oxidation sites excluding steroid dienone is 2. The van der Waals surface area contributed by atoms with Crippen LogP contribution in [0.2, 0.25) is 0 Å². The van der Waals surface area contributed by atoms with Crippen LogP contribution in [0.25, 0.3) is 0 Å². The van der Waals surface area contributed by atoms with Crippen molar-refractivity contribution < 1.29 is 19.5 Å². The van der Waals surface area contributed by atoms with E-state index in [0.717, 1.165) is 6.42 Å². The van der Waals surface area contributed by atoms with Gasteiger partial charge < -0.3 is 10.4 Å². The van der Waals surface area contributed by atoms with Gasteiger partial charge in [-0.05, 0) is 49.1 Å². The van der Waals surface area contributed by atoms with E-state index in [2.05, 4.69) is 5.32 Å². The maximum Gasteiger partial charge on any atom is 0.307 e. The molecule has 4 aliphatic carbocycles. The summed E-state index contributed by atoms with van der Waals surface area (Å²) in [6.07, 6.45) is 5.06. The van der Waals surface area contributed by atoms with Gasteiger partial charge >= 0.3 is 5.97 Å². The number of amides is 1. The molecule has 0 saturated heterocycles. The van der Waals surface area contributed by atoms with Crippen molar-refractivity contribution in [3.05, 3.63) is 42.0 Å². The van der Waals surface area contributed by atoms with Crippen molar-refractivity contribution in [2.75, 3.05) is 5.32 Å². The lowest BCUT2D eigenvalue weighted by molar-refractivity contribution is -0.152. The van der Waals surface area contributed by atoms with Crippen LogP contribution in [0.5, 0.6) is 0 Å². The van der Waals surface area contributed by atoms with Gasteiger partial charge in [0.2, 0.25) is 5.91 Å². The molecule has 0 aromatic heterocycles. The molecule has 2 saturated carbocycles. The van der Waals surface area contributed by atoms with Gasteiger partial charge in [-0.3, -0.25) is 14.4 Å². The highest BCUT2D eigenvalue weighted by Gasteiger charge is 2.62. The van der Waals surface area contributed by atoms with E-state index >= 15 is 0 Å². The first-order valence-corrected chi connectivity index (χ1v) is 8.30. The van der Waals surface area contributed by atoms with Gasteiger partial charge in [-0.1, -0.05) is 24.3 Å². The number of rotatable bonds is 4. The molecule has 5 heteroatoms. The van der Waals surface area contributed by atoms with Gasteiger partial charge in [-0.2, -0.15) is 0 Å². The number of carbonyl (C=O) groups is 3. The highest BCUT2D eigenvalue weighted by molar-refractivity contribution is 5.99. The number of hydrogen-bond donors (Lipinski definition) is 2. The largest absolute Gasteiger partial charge is 0.481 e. The number of carboxylic acid groups (broad SMARTS) is 1. The SMILES string of the molecule is CC(=O)c1cccc(NC(=O)[C@@H]2[C@H]3C=C[C@@H]([C@@H]4C[C@H]34)[C@@H]2C(=O)O)c1. The van der Waals surface area contributed by atoms with Crippen LogP contribution in [0, 0.1) is 35.5 Å². The van der Waals surface area contributed by atoms with E-state index in [9.17, 15) is 19.5 Å². The summed E-state index contributed by atoms with van der Waals surface area (Å²) in [6, 6.07) is 6.76. The molecule has 5 nitrogen and oxygen atoms in total. The lowest BCUT2D eigenvalue weighted by atomic mass is 9.62. The molecule has 0 spiro atoms. The van der Waals surface area contributed by atoms with Gasteiger partial charge in [0.25, 0.3) is 0 Å². The molecule has 0 unspecified atom stereocenters. The van der Waals surface area contributed by atoms with Gasteiger partial charge in [-0.15, -0.1) is 0 Å². The predicted molar refractivity (Wildman–Crippen MR) is 87.4 cm³/mol. The minimum absolute atomic E-state index is 0.0112. The number of ketones is 1. The fourth-order valence-corrected chi connectivity index (χ4v) is 4.61. The molecular formula is C19H19NO4. The zero-order valence-corrected chi connectivity index (χ0v) is 13.3. The van der Waals surface area contributed by atoms with E-state index in [4.69, 9.17) is 0 Å². The lowest BCUT2D eigenvalue weighted by Crippen LogP contribution is -2.48. The summed E-state index contributed by atoms with van der Waals surface area (Å²) >= 11 is 0. The van der Waals surface area contributed by atoms with Crippen molar-refractivity contribution in [2.24, 2.45) is 35.5 Å². The quantitative estimate of drug-likeness (QED) is 0.658. The average molecular weight is 325 g/mol. The lowest BCUT2D eigenvalue weighted by Gasteiger charge is -2.41. The summed E-state index contributed by atoms with van der Waals surface area (Å²) in [4.78, 5) is 36.1. The van der Waals surface area contributed by atoms with Crippen molar-refractivity contribution in [3.63, 3.8) is 0 Å². The number of carboxylic acids is 1. The molecule has 0 aliphatic heterocycles. The Labute approximate surface area is 139 Å². The molecule has 24 heavy (non-hydrogen) atoms. The van der Waals surface area contributed by atoms with E-state index in [-0.39, 0.29) is 23.5 Å². The molecule has 1 amide bonds. The molecular weight excluding hydrogens is 306 g/mol. The topological polar surface area (TPSA) is 83.5 Å². The molecule has 5 rings (SSSR count). The third-order valence-corrected chi connectivity index (χ3v) is 5.78. The number of carbonyl (C=O) groups excluding carboxylic acids is 2. The highest BCUT2D eigenvalue weighted by atomic mass is 16.4. The van der Waals surface area contributed by atoms with Crippen molar-refractivity contribution in [1.82, 2.24) is 0 Å². The van der Waals surface area contributed by atoms with Crippen LogP contribution >= 0.6 is 0 Å². The van der Waals surface area contributed by atoms with Crippen LogP contribution in [-0.2, 0) is 9.59 Å². The Bertz CT molecular complexity index is 768. The van der Waals surface area contributed by atoms with Crippen LogP contribution in [0.1, 0.15) is 23.7 Å². The molecule has 0 heterocycles. The number of benzene rings is 1. The van der Waals surface area contributed by atoms with E-state index < -0.39 is 17.8 Å². The second-order valence-electron chi connectivity index (χ2n) is 7.12. The van der Waals surface area contributed by atoms with Gasteiger partial charge in [0.05, 0.1) is 11.8 Å². The van der Waals surface area contributed by atoms with Crippen LogP contribution < -0.4 is 5.32 Å². The van der Waals surface area contributed by atoms with Crippen molar-refractivity contribution in [1.29, 1.82) is 0 Å². The summed E-state index contributed by atoms with van der Waals surface area (Å²) in [7, 11) is 0. The Morgan fingerprint density at radius 3 is 2.38 bits per heavy atom. The standard InChI is InChI=1S/C19H19NO4/c1-9(21)10-3-2-4-11(7-10)20-18(22)16-12-5-6-13(15-8-14(12)15)17(16)19(23)24/h2-7,12-17H,8H2,1H3,(H,20,22)(H,23,24)/t12-,13-,14+,15-,16+,17-/m0/s1. The number of anilines is 1. The van der Waals surface area contributed by atoms with E-state index in [1.165, 1.54) is 6.92 Å². The summed E-state index contributed by atoms with van der Waals surface area (Å²) in [5.74, 6) is -1.54. The molecule has 2 bridgehead atoms. The third kappa shape index (κ3) is 2.27. The Morgan fingerprint density at radius 1 is 1.08 bits per heavy atom. The Morgan fingerprint density at radius 2 is 1.75 bits per heavy atom. The minimum Gasteiger partial charge on any atom is -0.481 e. The molecule has 1 aromatic carbocycles. The molecule has 0 radical (unpaired) electrons. The molecule has 124 valence electrons. The fraction of sp³-hybridized carbons (Fsp3) is 0.421. The minimum atomic E-state index is -0.891. The smallest absolute Gasteiger partial charge is 0.307 e. The Kier molecular flexibility index (Phi) is 3.34. The zero-order chi connectivity index (χ0) is 17.0. The number of nitrogens with one attached hydrogen (secondary N) is 1. The molecule has 2 fully saturated rings. The average Bonchev–Trinajstić information content (AvgIpc) is 3.36. The van der Waals surface area contributed by atoms with E-state index in [1.807, 2.05) is 12.2 Å². The summed E-state index contributed by atoms with van der Waals surface area (Å²) in [5.41, 5.74) is 1.06. The Balaban J connectivity index is 1.59. The monoisotopic (exact) mass is 325 g/mol. The van der Waals surface area contributed by atoms with Crippen LogP contribution in [0.15, 0.2) is 36.4 Å². The second-order valence-corrected chi connectivity index (χ2v) is 7.12. The molecule has 2 N–H and O–H groups in total. The van der Waals surface area contributed by atoms with Crippen molar-refractivity contribution in [2.45, 2.75) is 13.3 Å². The summed E-state index contributed by atoms with van der Waals surface area (Å²) in [6.45, 7) is 1.47. The predicted octanol–water partition coefficient (Wildman–Crippen LogP) is 2.60. The number of hydrogen-bond acceptors (Lipinski definition) is 3. The van der Waals surface area contributed by atoms with Crippen molar-refractivity contribution in [3.8, 4) is 0 Å². The summed E-state index contributed by atoms with van der Waals surface area (Å²) < 4.78 is 0. The number of fused-ring (bicyclic) bond motifs is 1. The number of Topliss-reactive ketones (excluding diaryl/α,β-unsaturated/α-hetero) is 1. The third-order valence-electron chi connectivity index (χ3n) is 5.78. The summed E-state index contributed by atoms with van der Waals surface area (Å²) in [5, 5.41) is 12.5. The molecule has 4 aliphatic rings. The first-order chi connectivity index (χ1) is 11.5. The van der Waals surface area contributed by atoms with Gasteiger partial charge in [0.15, 0.2) is 5.78 Å². The van der Waals surface area contributed by atoms with Crippen LogP contribution in [0.3, 0.4) is 0 Å². The van der Waals surface area contributed by atoms with E-state index in [0.29, 0.717) is 23.1 Å².